The van der Waals surface area contributed by atoms with Crippen molar-refractivity contribution in [1.82, 2.24) is 4.73 Å². The van der Waals surface area contributed by atoms with Crippen LogP contribution in [0.5, 0.6) is 0 Å². The molecule has 1 heterocycles. The molecule has 1 aliphatic carbocycles. The second-order valence-electron chi connectivity index (χ2n) is 5.22. The second-order valence-corrected chi connectivity index (χ2v) is 5.62. The van der Waals surface area contributed by atoms with Gasteiger partial charge >= 0.3 is 0 Å². The van der Waals surface area contributed by atoms with Gasteiger partial charge < -0.3 is 5.21 Å². The molecule has 104 valence electrons. The summed E-state index contributed by atoms with van der Waals surface area (Å²) in [5.41, 5.74) is 3.59. The molecular weight excluding hydrogens is 276 g/mol. The van der Waals surface area contributed by atoms with Crippen LogP contribution in [0.3, 0.4) is 0 Å². The van der Waals surface area contributed by atoms with Crippen molar-refractivity contribution in [3.63, 3.8) is 0 Å². The van der Waals surface area contributed by atoms with Gasteiger partial charge in [0.2, 0.25) is 0 Å². The third kappa shape index (κ3) is 2.10. The number of benzene rings is 1. The van der Waals surface area contributed by atoms with Crippen molar-refractivity contribution in [2.45, 2.75) is 32.6 Å². The maximum atomic E-state index is 12.1. The summed E-state index contributed by atoms with van der Waals surface area (Å²) in [4.78, 5) is 12.1. The maximum Gasteiger partial charge on any atom is 0.262 e. The summed E-state index contributed by atoms with van der Waals surface area (Å²) in [5.74, 6) is 0. The van der Waals surface area contributed by atoms with Crippen molar-refractivity contribution in [1.29, 1.82) is 0 Å². The first kappa shape index (κ1) is 13.2. The quantitative estimate of drug-likeness (QED) is 0.648. The highest BCUT2D eigenvalue weighted by Gasteiger charge is 2.26. The summed E-state index contributed by atoms with van der Waals surface area (Å²) in [5, 5.41) is 11.1. The van der Waals surface area contributed by atoms with E-state index in [-0.39, 0.29) is 0 Å². The Hall–Kier alpha value is -1.81. The van der Waals surface area contributed by atoms with E-state index in [1.165, 1.54) is 6.20 Å². The first-order valence-corrected chi connectivity index (χ1v) is 7.11. The third-order valence-electron chi connectivity index (χ3n) is 3.85. The predicted molar refractivity (Wildman–Crippen MR) is 76.8 cm³/mol. The summed E-state index contributed by atoms with van der Waals surface area (Å²) in [6, 6.07) is 5.47. The topological polar surface area (TPSA) is 48.1 Å². The van der Waals surface area contributed by atoms with Gasteiger partial charge in [-0.25, -0.2) is 0 Å². The molecule has 0 fully saturated rings. The number of fused-ring (bicyclic) bond motifs is 1. The summed E-state index contributed by atoms with van der Waals surface area (Å²) < 4.78 is 2.05. The van der Waals surface area contributed by atoms with E-state index in [2.05, 4.69) is 0 Å². The Balaban J connectivity index is 2.21. The molecule has 1 aliphatic rings. The molecule has 0 atom stereocenters. The average Bonchev–Trinajstić information content (AvgIpc) is 2.46. The van der Waals surface area contributed by atoms with Gasteiger partial charge in [0, 0.05) is 21.9 Å². The molecule has 0 spiro atoms. The molecule has 0 amide bonds. The Bertz CT molecular complexity index is 737. The third-order valence-corrected chi connectivity index (χ3v) is 4.28. The van der Waals surface area contributed by atoms with E-state index in [0.717, 1.165) is 51.7 Å². The first-order valence-electron chi connectivity index (χ1n) is 6.73. The second kappa shape index (κ2) is 4.94. The minimum atomic E-state index is 0.500. The fraction of sp³-hybridized carbons (Fsp3) is 0.333. The summed E-state index contributed by atoms with van der Waals surface area (Å²) in [7, 11) is 0. The van der Waals surface area contributed by atoms with Crippen LogP contribution in [0.15, 0.2) is 24.4 Å². The summed E-state index contributed by atoms with van der Waals surface area (Å²) in [6.45, 7) is 1.90. The van der Waals surface area contributed by atoms with Gasteiger partial charge in [0.05, 0.1) is 4.43 Å². The molecule has 1 aromatic carbocycles. The Morgan fingerprint density at radius 1 is 1.30 bits per heavy atom. The fourth-order valence-corrected chi connectivity index (χ4v) is 2.85. The molecule has 0 saturated carbocycles. The van der Waals surface area contributed by atoms with E-state index < -0.39 is 0 Å². The van der Waals surface area contributed by atoms with Crippen LogP contribution in [0, 0.1) is 11.8 Å². The van der Waals surface area contributed by atoms with Crippen molar-refractivity contribution in [3.8, 4) is 11.3 Å². The van der Waals surface area contributed by atoms with E-state index in [9.17, 15) is 10.1 Å². The molecule has 20 heavy (non-hydrogen) atoms. The van der Waals surface area contributed by atoms with Crippen LogP contribution in [-0.4, -0.2) is 9.94 Å². The van der Waals surface area contributed by atoms with Crippen LogP contribution in [0.4, 0.5) is 0 Å². The fourth-order valence-electron chi connectivity index (χ4n) is 2.73. The van der Waals surface area contributed by atoms with Crippen LogP contribution in [0.2, 0.25) is 5.02 Å². The predicted octanol–water partition coefficient (Wildman–Crippen LogP) is 3.15. The maximum absolute atomic E-state index is 12.1. The Morgan fingerprint density at radius 2 is 2.05 bits per heavy atom. The lowest BCUT2D eigenvalue weighted by molar-refractivity contribution is -0.507. The van der Waals surface area contributed by atoms with Gasteiger partial charge in [0.15, 0.2) is 5.69 Å². The summed E-state index contributed by atoms with van der Waals surface area (Å²) >= 11 is 6.02. The number of rotatable bonds is 1. The number of hydrogen-bond donors (Lipinski definition) is 1. The van der Waals surface area contributed by atoms with E-state index in [1.807, 2.05) is 19.1 Å². The molecule has 0 saturated heterocycles. The van der Waals surface area contributed by atoms with E-state index in [0.29, 0.717) is 16.4 Å². The monoisotopic (exact) mass is 291 g/mol. The molecule has 1 N–H and O–H groups in total. The van der Waals surface area contributed by atoms with Crippen molar-refractivity contribution >= 4 is 11.6 Å². The van der Waals surface area contributed by atoms with Gasteiger partial charge in [-0.1, -0.05) is 17.7 Å². The number of hydrogen-bond acceptors (Lipinski definition) is 2. The minimum Gasteiger partial charge on any atom is -0.428 e. The van der Waals surface area contributed by atoms with Gasteiger partial charge in [0.25, 0.3) is 11.9 Å². The van der Waals surface area contributed by atoms with Crippen molar-refractivity contribution < 1.29 is 9.63 Å². The zero-order valence-corrected chi connectivity index (χ0v) is 12.0. The van der Waals surface area contributed by atoms with Gasteiger partial charge in [-0.3, -0.25) is 0 Å². The molecule has 2 aromatic rings. The molecule has 5 heteroatoms. The van der Waals surface area contributed by atoms with E-state index in [4.69, 9.17) is 11.6 Å². The summed E-state index contributed by atoms with van der Waals surface area (Å²) in [6.07, 6.45) is 4.88. The molecule has 0 unspecified atom stereocenters. The zero-order valence-electron chi connectivity index (χ0n) is 11.3. The van der Waals surface area contributed by atoms with Crippen LogP contribution >= 0.6 is 11.6 Å². The largest absolute Gasteiger partial charge is 0.428 e. The van der Waals surface area contributed by atoms with Crippen LogP contribution in [-0.2, 0) is 12.8 Å². The lowest BCUT2D eigenvalue weighted by atomic mass is 9.99. The molecule has 0 aliphatic heterocycles. The van der Waals surface area contributed by atoms with Crippen LogP contribution < -0.4 is 4.43 Å². The lowest BCUT2D eigenvalue weighted by Crippen LogP contribution is -2.30. The number of halogens is 1. The van der Waals surface area contributed by atoms with Gasteiger partial charge in [-0.2, -0.15) is 4.73 Å². The molecule has 4 nitrogen and oxygen atoms in total. The van der Waals surface area contributed by atoms with E-state index in [1.54, 1.807) is 6.07 Å². The lowest BCUT2D eigenvalue weighted by Gasteiger charge is -2.15. The standard InChI is InChI=1S/C15H16ClN2O2/c1-10-8-11(6-7-12(10)16)15-9-17(19)13-4-2-3-5-14(13)18(15)20/h6-9,20H,2-5H2,1H3/q+1. The van der Waals surface area contributed by atoms with Gasteiger partial charge in [-0.05, 0) is 43.9 Å². The zero-order chi connectivity index (χ0) is 14.3. The normalized spacial score (nSPS) is 14.1. The van der Waals surface area contributed by atoms with E-state index >= 15 is 0 Å². The average molecular weight is 292 g/mol. The Labute approximate surface area is 121 Å². The van der Waals surface area contributed by atoms with Gasteiger partial charge in [0.1, 0.15) is 5.69 Å². The highest BCUT2D eigenvalue weighted by molar-refractivity contribution is 6.31. The molecule has 3 rings (SSSR count). The number of nitrogens with zero attached hydrogens (tertiary/aromatic N) is 2. The Morgan fingerprint density at radius 3 is 2.80 bits per heavy atom. The number of aryl methyl sites for hydroxylation is 1. The van der Waals surface area contributed by atoms with Crippen molar-refractivity contribution in [2.24, 2.45) is 0 Å². The molecule has 0 radical (unpaired) electrons. The molecular formula is C15H16ClN2O2+. The van der Waals surface area contributed by atoms with Crippen molar-refractivity contribution in [2.75, 3.05) is 0 Å². The SMILES string of the molecule is Cc1cc(-c2c[n+](=O)c3c(n2O)CCCC3)ccc1Cl. The minimum absolute atomic E-state index is 0.500. The number of aromatic nitrogens is 2. The van der Waals surface area contributed by atoms with Gasteiger partial charge in [-0.15, -0.1) is 0 Å². The molecule has 1 aromatic heterocycles. The smallest absolute Gasteiger partial charge is 0.262 e. The highest BCUT2D eigenvalue weighted by atomic mass is 35.5. The van der Waals surface area contributed by atoms with Crippen LogP contribution in [0.25, 0.3) is 11.3 Å². The van der Waals surface area contributed by atoms with Crippen molar-refractivity contribution in [3.05, 3.63) is 51.3 Å². The first-order chi connectivity index (χ1) is 9.58. The molecule has 0 bridgehead atoms. The Kier molecular flexibility index (Phi) is 3.26. The highest BCUT2D eigenvalue weighted by Crippen LogP contribution is 2.26. The van der Waals surface area contributed by atoms with Crippen LogP contribution in [0.1, 0.15) is 29.8 Å².